The summed E-state index contributed by atoms with van der Waals surface area (Å²) in [5.74, 6) is 1.51. The van der Waals surface area contributed by atoms with Gasteiger partial charge in [-0.05, 0) is 31.2 Å². The molecule has 0 saturated carbocycles. The number of aryl methyl sites for hydroxylation is 1. The quantitative estimate of drug-likeness (QED) is 0.648. The number of nitrogens with two attached hydrogens (primary N) is 1. The van der Waals surface area contributed by atoms with E-state index < -0.39 is 0 Å². The summed E-state index contributed by atoms with van der Waals surface area (Å²) in [4.78, 5) is 12.9. The summed E-state index contributed by atoms with van der Waals surface area (Å²) in [6, 6.07) is 6.94. The molecule has 2 aromatic rings. The van der Waals surface area contributed by atoms with Gasteiger partial charge in [-0.3, -0.25) is 4.79 Å². The highest BCUT2D eigenvalue weighted by molar-refractivity contribution is 7.99. The Balaban J connectivity index is 1.80. The number of anilines is 2. The van der Waals surface area contributed by atoms with E-state index in [0.29, 0.717) is 28.6 Å². The molecule has 4 nitrogen and oxygen atoms in total. The molecule has 0 unspecified atom stereocenters. The molecule has 1 heterocycles. The number of hydrogen-bond acceptors (Lipinski definition) is 4. The summed E-state index contributed by atoms with van der Waals surface area (Å²) in [5, 5.41) is 3.27. The second-order valence-electron chi connectivity index (χ2n) is 4.22. The Hall–Kier alpha value is -1.59. The summed E-state index contributed by atoms with van der Waals surface area (Å²) < 4.78 is 5.19. The molecular formula is C14H15ClN2O2S. The Morgan fingerprint density at radius 3 is 2.90 bits per heavy atom. The van der Waals surface area contributed by atoms with Gasteiger partial charge in [-0.2, -0.15) is 0 Å². The van der Waals surface area contributed by atoms with Crippen molar-refractivity contribution in [3.63, 3.8) is 0 Å². The Morgan fingerprint density at radius 2 is 2.25 bits per heavy atom. The summed E-state index contributed by atoms with van der Waals surface area (Å²) in [5.41, 5.74) is 6.79. The minimum Gasteiger partial charge on any atom is -0.468 e. The van der Waals surface area contributed by atoms with Crippen molar-refractivity contribution in [1.29, 1.82) is 0 Å². The van der Waals surface area contributed by atoms with Gasteiger partial charge >= 0.3 is 0 Å². The van der Waals surface area contributed by atoms with Gasteiger partial charge in [0, 0.05) is 22.8 Å². The van der Waals surface area contributed by atoms with Gasteiger partial charge in [0.2, 0.25) is 5.91 Å². The molecule has 1 aromatic heterocycles. The van der Waals surface area contributed by atoms with Gasteiger partial charge in [-0.25, -0.2) is 0 Å². The molecule has 1 amide bonds. The summed E-state index contributed by atoms with van der Waals surface area (Å²) in [7, 11) is 0. The molecule has 0 saturated heterocycles. The molecule has 0 aliphatic carbocycles. The normalized spacial score (nSPS) is 10.5. The lowest BCUT2D eigenvalue weighted by molar-refractivity contribution is -0.115. The molecule has 0 bridgehead atoms. The molecule has 106 valence electrons. The first-order chi connectivity index (χ1) is 9.56. The second-order valence-corrected chi connectivity index (χ2v) is 5.77. The fourth-order valence-electron chi connectivity index (χ4n) is 1.62. The van der Waals surface area contributed by atoms with Crippen LogP contribution in [-0.4, -0.2) is 11.7 Å². The minimum atomic E-state index is -0.0552. The van der Waals surface area contributed by atoms with Crippen LogP contribution in [0.15, 0.2) is 39.8 Å². The van der Waals surface area contributed by atoms with Crippen molar-refractivity contribution in [1.82, 2.24) is 0 Å². The number of thioether (sulfide) groups is 1. The lowest BCUT2D eigenvalue weighted by Crippen LogP contribution is -2.12. The van der Waals surface area contributed by atoms with Crippen LogP contribution in [0.2, 0.25) is 5.02 Å². The first kappa shape index (κ1) is 14.8. The van der Waals surface area contributed by atoms with E-state index in [1.165, 1.54) is 0 Å². The van der Waals surface area contributed by atoms with Crippen molar-refractivity contribution in [2.45, 2.75) is 18.2 Å². The van der Waals surface area contributed by atoms with Crippen molar-refractivity contribution in [2.24, 2.45) is 0 Å². The fraction of sp³-hybridized carbons (Fsp3) is 0.214. The zero-order valence-corrected chi connectivity index (χ0v) is 12.6. The maximum Gasteiger partial charge on any atom is 0.225 e. The lowest BCUT2D eigenvalue weighted by Gasteiger charge is -2.06. The van der Waals surface area contributed by atoms with Gasteiger partial charge in [-0.15, -0.1) is 11.8 Å². The first-order valence-electron chi connectivity index (χ1n) is 6.08. The number of amides is 1. The zero-order chi connectivity index (χ0) is 14.5. The van der Waals surface area contributed by atoms with E-state index in [2.05, 4.69) is 5.32 Å². The topological polar surface area (TPSA) is 68.3 Å². The molecule has 0 fully saturated rings. The van der Waals surface area contributed by atoms with E-state index in [9.17, 15) is 4.79 Å². The van der Waals surface area contributed by atoms with Crippen LogP contribution in [0.4, 0.5) is 11.4 Å². The van der Waals surface area contributed by atoms with E-state index in [0.717, 1.165) is 10.7 Å². The number of furan rings is 1. The van der Waals surface area contributed by atoms with Gasteiger partial charge in [0.15, 0.2) is 0 Å². The van der Waals surface area contributed by atoms with Crippen LogP contribution < -0.4 is 11.1 Å². The molecule has 3 N–H and O–H groups in total. The van der Waals surface area contributed by atoms with Crippen molar-refractivity contribution < 1.29 is 9.21 Å². The summed E-state index contributed by atoms with van der Waals surface area (Å²) in [6.45, 7) is 1.90. The van der Waals surface area contributed by atoms with Gasteiger partial charge in [-0.1, -0.05) is 11.6 Å². The summed E-state index contributed by atoms with van der Waals surface area (Å²) in [6.07, 6.45) is 2.06. The third-order valence-electron chi connectivity index (χ3n) is 2.68. The van der Waals surface area contributed by atoms with Crippen LogP contribution in [0.25, 0.3) is 0 Å². The molecule has 0 radical (unpaired) electrons. The average Bonchev–Trinajstić information content (AvgIpc) is 2.80. The fourth-order valence-corrected chi connectivity index (χ4v) is 2.65. The van der Waals surface area contributed by atoms with Crippen LogP contribution >= 0.6 is 23.4 Å². The lowest BCUT2D eigenvalue weighted by atomic mass is 10.2. The maximum atomic E-state index is 11.8. The standard InChI is InChI=1S/C14H15ClN2O2S/c1-9-13(4-6-19-9)20-7-5-14(18)17-10-2-3-11(15)12(16)8-10/h2-4,6,8H,5,7,16H2,1H3,(H,17,18). The third kappa shape index (κ3) is 3.95. The monoisotopic (exact) mass is 310 g/mol. The Labute approximate surface area is 126 Å². The minimum absolute atomic E-state index is 0.0552. The van der Waals surface area contributed by atoms with Gasteiger partial charge in [0.05, 0.1) is 17.0 Å². The molecule has 0 atom stereocenters. The van der Waals surface area contributed by atoms with E-state index >= 15 is 0 Å². The van der Waals surface area contributed by atoms with Crippen LogP contribution in [-0.2, 0) is 4.79 Å². The number of nitrogens with one attached hydrogen (secondary N) is 1. The van der Waals surface area contributed by atoms with Gasteiger partial charge in [0.1, 0.15) is 5.76 Å². The van der Waals surface area contributed by atoms with Crippen LogP contribution in [0.1, 0.15) is 12.2 Å². The highest BCUT2D eigenvalue weighted by atomic mass is 35.5. The molecule has 0 spiro atoms. The van der Waals surface area contributed by atoms with E-state index in [4.69, 9.17) is 21.8 Å². The predicted octanol–water partition coefficient (Wildman–Crippen LogP) is 3.94. The van der Waals surface area contributed by atoms with Crippen molar-refractivity contribution in [3.05, 3.63) is 41.3 Å². The second kappa shape index (κ2) is 6.72. The van der Waals surface area contributed by atoms with Gasteiger partial charge < -0.3 is 15.5 Å². The van der Waals surface area contributed by atoms with Crippen LogP contribution in [0.3, 0.4) is 0 Å². The van der Waals surface area contributed by atoms with Crippen LogP contribution in [0, 0.1) is 6.92 Å². The highest BCUT2D eigenvalue weighted by Crippen LogP contribution is 2.24. The number of nitrogen functional groups attached to an aromatic ring is 1. The molecule has 0 aliphatic heterocycles. The van der Waals surface area contributed by atoms with Gasteiger partial charge in [0.25, 0.3) is 0 Å². The molecule has 1 aromatic carbocycles. The smallest absolute Gasteiger partial charge is 0.225 e. The summed E-state index contributed by atoms with van der Waals surface area (Å²) >= 11 is 7.42. The SMILES string of the molecule is Cc1occc1SCCC(=O)Nc1ccc(Cl)c(N)c1. The molecule has 20 heavy (non-hydrogen) atoms. The molecule has 2 rings (SSSR count). The predicted molar refractivity (Wildman–Crippen MR) is 83.3 cm³/mol. The average molecular weight is 311 g/mol. The Bertz CT molecular complexity index is 613. The number of halogens is 1. The van der Waals surface area contributed by atoms with E-state index in [1.54, 1.807) is 36.2 Å². The van der Waals surface area contributed by atoms with Crippen molar-refractivity contribution >= 4 is 40.6 Å². The molecule has 6 heteroatoms. The largest absolute Gasteiger partial charge is 0.468 e. The Morgan fingerprint density at radius 1 is 1.45 bits per heavy atom. The van der Waals surface area contributed by atoms with E-state index in [-0.39, 0.29) is 5.91 Å². The van der Waals surface area contributed by atoms with Crippen molar-refractivity contribution in [3.8, 4) is 0 Å². The maximum absolute atomic E-state index is 11.8. The zero-order valence-electron chi connectivity index (χ0n) is 11.0. The number of carbonyl (C=O) groups is 1. The third-order valence-corrected chi connectivity index (χ3v) is 4.16. The number of carbonyl (C=O) groups excluding carboxylic acids is 1. The number of benzene rings is 1. The molecular weight excluding hydrogens is 296 g/mol. The van der Waals surface area contributed by atoms with Crippen molar-refractivity contribution in [2.75, 3.05) is 16.8 Å². The highest BCUT2D eigenvalue weighted by Gasteiger charge is 2.06. The number of rotatable bonds is 5. The first-order valence-corrected chi connectivity index (χ1v) is 7.44. The van der Waals surface area contributed by atoms with Crippen LogP contribution in [0.5, 0.6) is 0 Å². The van der Waals surface area contributed by atoms with E-state index in [1.807, 2.05) is 13.0 Å². The molecule has 0 aliphatic rings. The Kier molecular flexibility index (Phi) is 4.98. The number of hydrogen-bond donors (Lipinski definition) is 2.